The predicted octanol–water partition coefficient (Wildman–Crippen LogP) is 14.6. The summed E-state index contributed by atoms with van der Waals surface area (Å²) in [6.07, 6.45) is 13.2. The highest BCUT2D eigenvalue weighted by Crippen LogP contribution is 2.66. The lowest BCUT2D eigenvalue weighted by molar-refractivity contribution is -0.149. The first-order chi connectivity index (χ1) is 28.2. The minimum Gasteiger partial charge on any atom is -0.462 e. The lowest BCUT2D eigenvalue weighted by atomic mass is 9.50. The van der Waals surface area contributed by atoms with Crippen molar-refractivity contribution in [3.05, 3.63) is 30.3 Å². The van der Waals surface area contributed by atoms with E-state index in [0.29, 0.717) is 53.3 Å². The maximum absolute atomic E-state index is 14.3. The molecule has 4 rings (SSSR count). The van der Waals surface area contributed by atoms with E-state index in [1.165, 1.54) is 44.9 Å². The summed E-state index contributed by atoms with van der Waals surface area (Å²) in [7, 11) is -7.94. The predicted molar refractivity (Wildman–Crippen MR) is 259 cm³/mol. The van der Waals surface area contributed by atoms with Gasteiger partial charge in [-0.05, 0) is 167 Å². The van der Waals surface area contributed by atoms with Crippen LogP contribution in [0.5, 0.6) is 5.75 Å². The van der Waals surface area contributed by atoms with E-state index in [0.717, 1.165) is 25.7 Å². The number of esters is 1. The van der Waals surface area contributed by atoms with Crippen LogP contribution < -0.4 is 9.61 Å². The van der Waals surface area contributed by atoms with E-state index in [-0.39, 0.29) is 34.3 Å². The zero-order valence-electron chi connectivity index (χ0n) is 42.0. The van der Waals surface area contributed by atoms with E-state index in [1.807, 2.05) is 18.2 Å². The number of rotatable bonds is 21. The molecule has 0 bridgehead atoms. The van der Waals surface area contributed by atoms with Gasteiger partial charge in [0.25, 0.3) is 0 Å². The minimum absolute atomic E-state index is 0.137. The number of unbranched alkanes of at least 4 members (excludes halogenated alkanes) is 1. The van der Waals surface area contributed by atoms with Crippen LogP contribution in [0, 0.1) is 46.8 Å². The van der Waals surface area contributed by atoms with Gasteiger partial charge in [-0.3, -0.25) is 9.32 Å². The summed E-state index contributed by atoms with van der Waals surface area (Å²) < 4.78 is 47.0. The molecule has 3 fully saturated rings. The zero-order chi connectivity index (χ0) is 45.8. The highest BCUT2D eigenvalue weighted by Gasteiger charge is 2.60. The average molecular weight is 906 g/mol. The Labute approximate surface area is 376 Å². The van der Waals surface area contributed by atoms with Gasteiger partial charge in [-0.15, -0.1) is 0 Å². The van der Waals surface area contributed by atoms with Crippen molar-refractivity contribution in [2.24, 2.45) is 46.8 Å². The van der Waals surface area contributed by atoms with Crippen molar-refractivity contribution in [3.63, 3.8) is 0 Å². The van der Waals surface area contributed by atoms with E-state index >= 15 is 0 Å². The molecule has 8 nitrogen and oxygen atoms in total. The Kier molecular flexibility index (Phi) is 18.2. The number of ether oxygens (including phenoxy) is 1. The third kappa shape index (κ3) is 13.1. The van der Waals surface area contributed by atoms with Gasteiger partial charge in [0.15, 0.2) is 16.6 Å². The van der Waals surface area contributed by atoms with Crippen molar-refractivity contribution >= 4 is 30.4 Å². The smallest absolute Gasteiger partial charge is 0.459 e. The molecule has 6 unspecified atom stereocenters. The summed E-state index contributed by atoms with van der Waals surface area (Å²) in [4.78, 5) is 12.8. The van der Waals surface area contributed by atoms with Gasteiger partial charge < -0.3 is 18.1 Å². The van der Waals surface area contributed by atoms with Crippen molar-refractivity contribution in [2.45, 2.75) is 221 Å². The van der Waals surface area contributed by atoms with Gasteiger partial charge in [0, 0.05) is 6.10 Å². The molecule has 3 saturated carbocycles. The second-order valence-corrected chi connectivity index (χ2v) is 34.5. The molecule has 0 heterocycles. The van der Waals surface area contributed by atoms with Gasteiger partial charge in [-0.1, -0.05) is 107 Å². The van der Waals surface area contributed by atoms with Gasteiger partial charge in [0.1, 0.15) is 11.8 Å². The van der Waals surface area contributed by atoms with Crippen LogP contribution in [0.15, 0.2) is 30.3 Å². The van der Waals surface area contributed by atoms with Crippen LogP contribution in [0.25, 0.3) is 0 Å². The number of fused-ring (bicyclic) bond motifs is 3. The van der Waals surface area contributed by atoms with Crippen molar-refractivity contribution in [2.75, 3.05) is 6.61 Å². The van der Waals surface area contributed by atoms with Crippen LogP contribution in [0.4, 0.5) is 0 Å². The summed E-state index contributed by atoms with van der Waals surface area (Å²) in [5, 5.41) is 3.21. The van der Waals surface area contributed by atoms with E-state index < -0.39 is 36.4 Å². The Bertz CT molecular complexity index is 1580. The number of hydrogen-bond donors (Lipinski definition) is 1. The molecular formula is C50H92NO7PSi2. The SMILES string of the molecule is CCCC[C@H](CC1CC2CC[C@@]3(C)C(CC[C@@H]3[C@H](C)CCOP(=O)(N[C@@H](C)C(=O)OC(C)C)Oc3ccccc3)C2C(O[Si](C)(C)C(C)(C)C)[C@@H]1CC)O[Si](C)(C)C(C)(C)C. The molecule has 3 aliphatic carbocycles. The molecule has 0 aromatic heterocycles. The molecule has 0 radical (unpaired) electrons. The molecule has 0 saturated heterocycles. The summed E-state index contributed by atoms with van der Waals surface area (Å²) in [6.45, 7) is 39.5. The van der Waals surface area contributed by atoms with Crippen LogP contribution in [0.1, 0.15) is 161 Å². The fourth-order valence-electron chi connectivity index (χ4n) is 11.1. The number of benzene rings is 1. The highest BCUT2D eigenvalue weighted by atomic mass is 31.2. The quantitative estimate of drug-likeness (QED) is 0.0741. The highest BCUT2D eigenvalue weighted by molar-refractivity contribution is 7.52. The number of para-hydroxylation sites is 1. The Balaban J connectivity index is 1.57. The van der Waals surface area contributed by atoms with Gasteiger partial charge in [-0.2, -0.15) is 5.09 Å². The third-order valence-electron chi connectivity index (χ3n) is 16.5. The molecule has 0 aliphatic heterocycles. The first-order valence-corrected chi connectivity index (χ1v) is 31.9. The van der Waals surface area contributed by atoms with Gasteiger partial charge >= 0.3 is 13.7 Å². The van der Waals surface area contributed by atoms with Crippen LogP contribution in [-0.2, 0) is 27.5 Å². The fraction of sp³-hybridized carbons (Fsp3) is 0.860. The van der Waals surface area contributed by atoms with Crippen LogP contribution in [0.2, 0.25) is 36.3 Å². The molecule has 0 amide bonds. The molecule has 352 valence electrons. The van der Waals surface area contributed by atoms with Gasteiger partial charge in [0.2, 0.25) is 0 Å². The summed E-state index contributed by atoms with van der Waals surface area (Å²) in [5.41, 5.74) is 0.202. The molecule has 12 atom stereocenters. The lowest BCUT2D eigenvalue weighted by Gasteiger charge is -2.59. The fourth-order valence-corrected chi connectivity index (χ4v) is 15.4. The molecule has 1 aromatic rings. The lowest BCUT2D eigenvalue weighted by Crippen LogP contribution is -2.58. The Hall–Kier alpha value is -1.01. The normalized spacial score (nSPS) is 29.9. The second-order valence-electron chi connectivity index (χ2n) is 23.3. The third-order valence-corrected chi connectivity index (χ3v) is 27.2. The average Bonchev–Trinajstić information content (AvgIpc) is 3.49. The van der Waals surface area contributed by atoms with Gasteiger partial charge in [-0.25, -0.2) is 4.57 Å². The summed E-state index contributed by atoms with van der Waals surface area (Å²) >= 11 is 0. The van der Waals surface area contributed by atoms with E-state index in [9.17, 15) is 9.36 Å². The Morgan fingerprint density at radius 3 is 2.13 bits per heavy atom. The van der Waals surface area contributed by atoms with Crippen molar-refractivity contribution in [1.82, 2.24) is 5.09 Å². The monoisotopic (exact) mass is 906 g/mol. The molecule has 0 spiro atoms. The topological polar surface area (TPSA) is 92.3 Å². The second kappa shape index (κ2) is 21.1. The first-order valence-electron chi connectivity index (χ1n) is 24.5. The molecule has 3 aliphatic rings. The van der Waals surface area contributed by atoms with Crippen LogP contribution in [-0.4, -0.2) is 53.6 Å². The van der Waals surface area contributed by atoms with E-state index in [2.05, 4.69) is 101 Å². The molecule has 61 heavy (non-hydrogen) atoms. The molecular weight excluding hydrogens is 814 g/mol. The molecule has 1 aromatic carbocycles. The molecule has 1 N–H and O–H groups in total. The number of nitrogens with one attached hydrogen (secondary N) is 1. The number of hydrogen-bond acceptors (Lipinski definition) is 7. The first kappa shape index (κ1) is 52.6. The van der Waals surface area contributed by atoms with Crippen molar-refractivity contribution < 1.29 is 32.0 Å². The van der Waals surface area contributed by atoms with Crippen LogP contribution in [0.3, 0.4) is 0 Å². The minimum atomic E-state index is -3.91. The summed E-state index contributed by atoms with van der Waals surface area (Å²) in [5.74, 6) is 3.83. The molecule has 11 heteroatoms. The standard InChI is InChI=1S/C50H92NO7PSi2/c1-18-20-24-41(57-60(14,15)48(7,8)9)34-39-33-38-29-31-50(13)43(27-28-44(50)45(38)46(42(39)19-2)58-61(16,17)49(10,11)12)36(5)30-32-54-59(53,56-40-25-22-21-23-26-40)51-37(6)47(52)55-35(3)4/h21-23,25-26,35-39,41-46H,18-20,24,27-34H2,1-17H3,(H,51,53)/t36-,37+,38?,39?,41-,42-,43-,44?,45?,46?,50-,59?/m1/s1. The van der Waals surface area contributed by atoms with Crippen molar-refractivity contribution in [1.29, 1.82) is 0 Å². The largest absolute Gasteiger partial charge is 0.462 e. The summed E-state index contributed by atoms with van der Waals surface area (Å²) in [6, 6.07) is 8.17. The number of carbonyl (C=O) groups is 1. The Morgan fingerprint density at radius 2 is 1.56 bits per heavy atom. The van der Waals surface area contributed by atoms with Gasteiger partial charge in [0.05, 0.1) is 18.8 Å². The maximum Gasteiger partial charge on any atom is 0.459 e. The maximum atomic E-state index is 14.3. The van der Waals surface area contributed by atoms with E-state index in [1.54, 1.807) is 32.9 Å². The van der Waals surface area contributed by atoms with E-state index in [4.69, 9.17) is 22.6 Å². The van der Waals surface area contributed by atoms with Crippen molar-refractivity contribution in [3.8, 4) is 5.75 Å². The van der Waals surface area contributed by atoms with Crippen LogP contribution >= 0.6 is 7.75 Å². The Morgan fingerprint density at radius 1 is 0.918 bits per heavy atom. The number of carbonyl (C=O) groups excluding carboxylic acids is 1. The zero-order valence-corrected chi connectivity index (χ0v) is 44.9.